The van der Waals surface area contributed by atoms with Crippen molar-refractivity contribution in [1.82, 2.24) is 4.98 Å². The quantitative estimate of drug-likeness (QED) is 0.769. The van der Waals surface area contributed by atoms with Gasteiger partial charge in [0.15, 0.2) is 5.13 Å². The normalized spacial score (nSPS) is 12.6. The molecular formula is C18H13N3O2S. The molecule has 24 heavy (non-hydrogen) atoms. The predicted octanol–water partition coefficient (Wildman–Crippen LogP) is 3.56. The average molecular weight is 335 g/mol. The molecule has 2 heterocycles. The number of rotatable bonds is 3. The van der Waals surface area contributed by atoms with Gasteiger partial charge < -0.3 is 5.32 Å². The van der Waals surface area contributed by atoms with Crippen molar-refractivity contribution in [2.24, 2.45) is 0 Å². The van der Waals surface area contributed by atoms with Crippen molar-refractivity contribution in [3.63, 3.8) is 0 Å². The monoisotopic (exact) mass is 335 g/mol. The highest BCUT2D eigenvalue weighted by Crippen LogP contribution is 2.30. The largest absolute Gasteiger partial charge is 0.326 e. The number of amides is 2. The maximum atomic E-state index is 12.2. The molecular weight excluding hydrogens is 322 g/mol. The average Bonchev–Trinajstić information content (AvgIpc) is 3.20. The van der Waals surface area contributed by atoms with Crippen LogP contribution in [0.15, 0.2) is 53.9 Å². The smallest absolute Gasteiger partial charge is 0.257 e. The zero-order valence-electron chi connectivity index (χ0n) is 12.6. The van der Waals surface area contributed by atoms with Gasteiger partial charge in [0.25, 0.3) is 5.91 Å². The van der Waals surface area contributed by atoms with E-state index in [2.05, 4.69) is 15.6 Å². The van der Waals surface area contributed by atoms with Gasteiger partial charge in [0.05, 0.1) is 12.1 Å². The van der Waals surface area contributed by atoms with E-state index in [1.807, 2.05) is 41.8 Å². The van der Waals surface area contributed by atoms with Crippen molar-refractivity contribution in [2.45, 2.75) is 6.42 Å². The van der Waals surface area contributed by atoms with Gasteiger partial charge in [0.1, 0.15) is 0 Å². The van der Waals surface area contributed by atoms with Crippen LogP contribution < -0.4 is 10.6 Å². The molecule has 0 saturated carbocycles. The molecule has 0 unspecified atom stereocenters. The molecule has 0 spiro atoms. The van der Waals surface area contributed by atoms with Crippen LogP contribution in [0.5, 0.6) is 0 Å². The number of nitrogens with one attached hydrogen (secondary N) is 2. The summed E-state index contributed by atoms with van der Waals surface area (Å²) in [5.41, 5.74) is 4.14. The molecule has 2 amide bonds. The van der Waals surface area contributed by atoms with Crippen LogP contribution in [-0.2, 0) is 11.2 Å². The fourth-order valence-corrected chi connectivity index (χ4v) is 3.33. The summed E-state index contributed by atoms with van der Waals surface area (Å²) in [7, 11) is 0. The molecule has 0 atom stereocenters. The van der Waals surface area contributed by atoms with Crippen LogP contribution in [0.1, 0.15) is 15.9 Å². The van der Waals surface area contributed by atoms with Crippen molar-refractivity contribution in [3.05, 3.63) is 65.0 Å². The fourth-order valence-electron chi connectivity index (χ4n) is 2.61. The Bertz CT molecular complexity index is 934. The van der Waals surface area contributed by atoms with Crippen molar-refractivity contribution in [1.29, 1.82) is 0 Å². The number of benzene rings is 2. The molecule has 6 heteroatoms. The van der Waals surface area contributed by atoms with E-state index >= 15 is 0 Å². The minimum atomic E-state index is -0.180. The van der Waals surface area contributed by atoms with Gasteiger partial charge >= 0.3 is 0 Å². The van der Waals surface area contributed by atoms with Gasteiger partial charge in [-0.2, -0.15) is 0 Å². The number of aromatic nitrogens is 1. The lowest BCUT2D eigenvalue weighted by molar-refractivity contribution is -0.115. The number of carbonyl (C=O) groups is 2. The number of hydrogen-bond acceptors (Lipinski definition) is 4. The van der Waals surface area contributed by atoms with Crippen molar-refractivity contribution < 1.29 is 9.59 Å². The maximum absolute atomic E-state index is 12.2. The molecule has 0 bridgehead atoms. The summed E-state index contributed by atoms with van der Waals surface area (Å²) in [6, 6.07) is 14.8. The lowest BCUT2D eigenvalue weighted by Crippen LogP contribution is -2.11. The van der Waals surface area contributed by atoms with Gasteiger partial charge in [0, 0.05) is 22.2 Å². The third kappa shape index (κ3) is 2.79. The SMILES string of the molecule is O=C1Cc2cc(-c3csc(NC(=O)c4ccccc4)n3)ccc2N1. The Morgan fingerprint density at radius 1 is 1.17 bits per heavy atom. The van der Waals surface area contributed by atoms with E-state index in [1.54, 1.807) is 12.1 Å². The molecule has 2 aromatic carbocycles. The number of hydrogen-bond donors (Lipinski definition) is 2. The Labute approximate surface area is 142 Å². The Morgan fingerprint density at radius 3 is 2.83 bits per heavy atom. The summed E-state index contributed by atoms with van der Waals surface area (Å²) in [6.45, 7) is 0. The van der Waals surface area contributed by atoms with Crippen molar-refractivity contribution >= 4 is 34.0 Å². The molecule has 0 saturated heterocycles. The van der Waals surface area contributed by atoms with Crippen LogP contribution in [0.25, 0.3) is 11.3 Å². The van der Waals surface area contributed by atoms with Crippen molar-refractivity contribution in [3.8, 4) is 11.3 Å². The second-order valence-corrected chi connectivity index (χ2v) is 6.31. The molecule has 118 valence electrons. The lowest BCUT2D eigenvalue weighted by Gasteiger charge is -2.02. The Kier molecular flexibility index (Phi) is 3.59. The third-order valence-corrected chi connectivity index (χ3v) is 4.54. The Balaban J connectivity index is 1.54. The third-order valence-electron chi connectivity index (χ3n) is 3.79. The van der Waals surface area contributed by atoms with Crippen LogP contribution in [0.2, 0.25) is 0 Å². The van der Waals surface area contributed by atoms with Crippen molar-refractivity contribution in [2.75, 3.05) is 10.6 Å². The highest BCUT2D eigenvalue weighted by Gasteiger charge is 2.18. The fraction of sp³-hybridized carbons (Fsp3) is 0.0556. The predicted molar refractivity (Wildman–Crippen MR) is 94.3 cm³/mol. The van der Waals surface area contributed by atoms with E-state index in [-0.39, 0.29) is 11.8 Å². The Hall–Kier alpha value is -2.99. The van der Waals surface area contributed by atoms with Gasteiger partial charge in [-0.15, -0.1) is 11.3 Å². The molecule has 4 rings (SSSR count). The molecule has 0 fully saturated rings. The number of thiazole rings is 1. The first kappa shape index (κ1) is 14.6. The summed E-state index contributed by atoms with van der Waals surface area (Å²) in [5, 5.41) is 8.07. The van der Waals surface area contributed by atoms with Crippen LogP contribution in [-0.4, -0.2) is 16.8 Å². The van der Waals surface area contributed by atoms with Crippen LogP contribution >= 0.6 is 11.3 Å². The lowest BCUT2D eigenvalue weighted by atomic mass is 10.1. The number of nitrogens with zero attached hydrogens (tertiary/aromatic N) is 1. The number of carbonyl (C=O) groups excluding carboxylic acids is 2. The second kappa shape index (κ2) is 5.90. The van der Waals surface area contributed by atoms with Gasteiger partial charge in [-0.25, -0.2) is 4.98 Å². The summed E-state index contributed by atoms with van der Waals surface area (Å²) >= 11 is 1.38. The van der Waals surface area contributed by atoms with Crippen LogP contribution in [0.3, 0.4) is 0 Å². The van der Waals surface area contributed by atoms with E-state index in [0.29, 0.717) is 17.1 Å². The topological polar surface area (TPSA) is 71.1 Å². The minimum absolute atomic E-state index is 0.0104. The summed E-state index contributed by atoms with van der Waals surface area (Å²) in [6.07, 6.45) is 0.394. The van der Waals surface area contributed by atoms with Gasteiger partial charge in [-0.05, 0) is 29.8 Å². The first-order chi connectivity index (χ1) is 11.7. The number of anilines is 2. The van der Waals surface area contributed by atoms with Crippen LogP contribution in [0.4, 0.5) is 10.8 Å². The maximum Gasteiger partial charge on any atom is 0.257 e. The summed E-state index contributed by atoms with van der Waals surface area (Å²) < 4.78 is 0. The van der Waals surface area contributed by atoms with E-state index in [4.69, 9.17) is 0 Å². The molecule has 2 N–H and O–H groups in total. The molecule has 1 aliphatic heterocycles. The molecule has 3 aromatic rings. The zero-order chi connectivity index (χ0) is 16.5. The second-order valence-electron chi connectivity index (χ2n) is 5.45. The van der Waals surface area contributed by atoms with E-state index in [0.717, 1.165) is 22.5 Å². The van der Waals surface area contributed by atoms with Gasteiger partial charge in [-0.1, -0.05) is 24.3 Å². The summed E-state index contributed by atoms with van der Waals surface area (Å²) in [5.74, 6) is -0.170. The highest BCUT2D eigenvalue weighted by atomic mass is 32.1. The zero-order valence-corrected chi connectivity index (χ0v) is 13.4. The van der Waals surface area contributed by atoms with Gasteiger partial charge in [0.2, 0.25) is 5.91 Å². The van der Waals surface area contributed by atoms with Gasteiger partial charge in [-0.3, -0.25) is 14.9 Å². The summed E-state index contributed by atoms with van der Waals surface area (Å²) in [4.78, 5) is 28.1. The molecule has 0 aliphatic carbocycles. The molecule has 1 aliphatic rings. The molecule has 0 radical (unpaired) electrons. The van der Waals surface area contributed by atoms with E-state index in [1.165, 1.54) is 11.3 Å². The molecule has 5 nitrogen and oxygen atoms in total. The number of fused-ring (bicyclic) bond motifs is 1. The van der Waals surface area contributed by atoms with Crippen LogP contribution in [0, 0.1) is 0 Å². The highest BCUT2D eigenvalue weighted by molar-refractivity contribution is 7.14. The van der Waals surface area contributed by atoms with E-state index in [9.17, 15) is 9.59 Å². The first-order valence-corrected chi connectivity index (χ1v) is 8.32. The van der Waals surface area contributed by atoms with E-state index < -0.39 is 0 Å². The molecule has 1 aromatic heterocycles. The Morgan fingerprint density at radius 2 is 2.00 bits per heavy atom. The first-order valence-electron chi connectivity index (χ1n) is 7.44. The standard InChI is InChI=1S/C18H13N3O2S/c22-16-9-13-8-12(6-7-14(13)19-16)15-10-24-18(20-15)21-17(23)11-4-2-1-3-5-11/h1-8,10H,9H2,(H,19,22)(H,20,21,23). The minimum Gasteiger partial charge on any atom is -0.326 e.